The molecule has 0 saturated carbocycles. The van der Waals surface area contributed by atoms with Gasteiger partial charge in [0.2, 0.25) is 0 Å². The largest absolute Gasteiger partial charge is 0.385 e. The van der Waals surface area contributed by atoms with Crippen molar-refractivity contribution in [3.8, 4) is 0 Å². The average Bonchev–Trinajstić information content (AvgIpc) is 2.47. The van der Waals surface area contributed by atoms with E-state index in [0.717, 1.165) is 57.3 Å². The van der Waals surface area contributed by atoms with Crippen LogP contribution in [0.15, 0.2) is 12.4 Å². The first-order valence-electron chi connectivity index (χ1n) is 7.05. The Balaban J connectivity index is 2.48. The normalized spacial score (nSPS) is 11.0. The van der Waals surface area contributed by atoms with Gasteiger partial charge in [-0.05, 0) is 13.3 Å². The summed E-state index contributed by atoms with van der Waals surface area (Å²) in [5.41, 5.74) is 0.972. The van der Waals surface area contributed by atoms with Gasteiger partial charge in [-0.3, -0.25) is 9.88 Å². The van der Waals surface area contributed by atoms with Gasteiger partial charge in [0, 0.05) is 47.0 Å². The molecule has 6 nitrogen and oxygen atoms in total. The highest BCUT2D eigenvalue weighted by Gasteiger charge is 2.07. The van der Waals surface area contributed by atoms with E-state index in [1.165, 1.54) is 0 Å². The molecular weight excluding hydrogens is 256 g/mol. The lowest BCUT2D eigenvalue weighted by Crippen LogP contribution is -2.29. The minimum atomic E-state index is 0.718. The number of rotatable bonds is 11. The Hall–Kier alpha value is -1.24. The molecule has 0 aliphatic rings. The molecule has 0 fully saturated rings. The molecule has 1 heterocycles. The molecule has 0 spiro atoms. The van der Waals surface area contributed by atoms with E-state index < -0.39 is 0 Å². The molecule has 0 saturated heterocycles. The Morgan fingerprint density at radius 3 is 2.50 bits per heavy atom. The summed E-state index contributed by atoms with van der Waals surface area (Å²) in [5, 5.41) is 3.14. The molecule has 6 heteroatoms. The second kappa shape index (κ2) is 10.5. The van der Waals surface area contributed by atoms with Crippen molar-refractivity contribution < 1.29 is 9.47 Å². The van der Waals surface area contributed by atoms with Gasteiger partial charge >= 0.3 is 0 Å². The molecule has 1 N–H and O–H groups in total. The molecule has 0 atom stereocenters. The molecule has 1 aromatic rings. The minimum absolute atomic E-state index is 0.718. The number of hydrogen-bond acceptors (Lipinski definition) is 6. The third-order valence-corrected chi connectivity index (χ3v) is 2.88. The van der Waals surface area contributed by atoms with E-state index in [-0.39, 0.29) is 0 Å². The van der Waals surface area contributed by atoms with Crippen molar-refractivity contribution in [1.82, 2.24) is 14.9 Å². The predicted molar refractivity (Wildman–Crippen MR) is 79.8 cm³/mol. The van der Waals surface area contributed by atoms with Gasteiger partial charge in [0.25, 0.3) is 0 Å². The highest BCUT2D eigenvalue weighted by Crippen LogP contribution is 2.05. The van der Waals surface area contributed by atoms with E-state index in [4.69, 9.17) is 9.47 Å². The van der Waals surface area contributed by atoms with E-state index in [1.807, 2.05) is 13.1 Å². The first kappa shape index (κ1) is 16.8. The van der Waals surface area contributed by atoms with Crippen LogP contribution in [0.2, 0.25) is 0 Å². The Kier molecular flexibility index (Phi) is 8.86. The minimum Gasteiger partial charge on any atom is -0.385 e. The SMILES string of the molecule is CCNc1cnc(CN(CCCOC)CCOC)cn1. The second-order valence-electron chi connectivity index (χ2n) is 4.54. The summed E-state index contributed by atoms with van der Waals surface area (Å²) >= 11 is 0. The average molecular weight is 282 g/mol. The van der Waals surface area contributed by atoms with Crippen molar-refractivity contribution in [2.24, 2.45) is 0 Å². The third-order valence-electron chi connectivity index (χ3n) is 2.88. The predicted octanol–water partition coefficient (Wildman–Crippen LogP) is 1.39. The van der Waals surface area contributed by atoms with Gasteiger partial charge in [-0.15, -0.1) is 0 Å². The van der Waals surface area contributed by atoms with Crippen molar-refractivity contribution in [2.75, 3.05) is 52.4 Å². The Morgan fingerprint density at radius 2 is 1.90 bits per heavy atom. The van der Waals surface area contributed by atoms with Gasteiger partial charge in [-0.1, -0.05) is 0 Å². The van der Waals surface area contributed by atoms with Gasteiger partial charge in [-0.2, -0.15) is 0 Å². The number of ether oxygens (including phenoxy) is 2. The molecule has 0 aliphatic carbocycles. The van der Waals surface area contributed by atoms with E-state index in [1.54, 1.807) is 20.4 Å². The molecule has 1 rings (SSSR count). The first-order valence-corrected chi connectivity index (χ1v) is 7.05. The molecule has 114 valence electrons. The zero-order valence-corrected chi connectivity index (χ0v) is 12.8. The fourth-order valence-corrected chi connectivity index (χ4v) is 1.86. The second-order valence-corrected chi connectivity index (χ2v) is 4.54. The quantitative estimate of drug-likeness (QED) is 0.619. The lowest BCUT2D eigenvalue weighted by atomic mass is 10.3. The molecular formula is C14H26N4O2. The summed E-state index contributed by atoms with van der Waals surface area (Å²) in [7, 11) is 3.45. The summed E-state index contributed by atoms with van der Waals surface area (Å²) in [4.78, 5) is 11.1. The van der Waals surface area contributed by atoms with Gasteiger partial charge in [0.15, 0.2) is 0 Å². The molecule has 1 aromatic heterocycles. The van der Waals surface area contributed by atoms with Crippen LogP contribution in [0.1, 0.15) is 19.0 Å². The maximum absolute atomic E-state index is 5.15. The molecule has 0 aliphatic heterocycles. The van der Waals surface area contributed by atoms with Crippen LogP contribution < -0.4 is 5.32 Å². The van der Waals surface area contributed by atoms with Gasteiger partial charge in [-0.25, -0.2) is 4.98 Å². The van der Waals surface area contributed by atoms with E-state index in [9.17, 15) is 0 Å². The summed E-state index contributed by atoms with van der Waals surface area (Å²) < 4.78 is 10.2. The number of hydrogen-bond donors (Lipinski definition) is 1. The van der Waals surface area contributed by atoms with Crippen molar-refractivity contribution in [2.45, 2.75) is 19.9 Å². The maximum atomic E-state index is 5.15. The monoisotopic (exact) mass is 282 g/mol. The summed E-state index contributed by atoms with van der Waals surface area (Å²) in [6.07, 6.45) is 4.61. The number of aromatic nitrogens is 2. The van der Waals surface area contributed by atoms with Crippen LogP contribution in [-0.2, 0) is 16.0 Å². The fourth-order valence-electron chi connectivity index (χ4n) is 1.86. The van der Waals surface area contributed by atoms with E-state index >= 15 is 0 Å². The van der Waals surface area contributed by atoms with Crippen LogP contribution in [0.5, 0.6) is 0 Å². The molecule has 0 aromatic carbocycles. The Morgan fingerprint density at radius 1 is 1.10 bits per heavy atom. The Bertz CT molecular complexity index is 346. The van der Waals surface area contributed by atoms with Crippen LogP contribution in [0.25, 0.3) is 0 Å². The number of anilines is 1. The smallest absolute Gasteiger partial charge is 0.144 e. The molecule has 0 unspecified atom stereocenters. The number of nitrogens with zero attached hydrogens (tertiary/aromatic N) is 3. The highest BCUT2D eigenvalue weighted by atomic mass is 16.5. The molecule has 0 amide bonds. The van der Waals surface area contributed by atoms with Gasteiger partial charge in [0.1, 0.15) is 5.82 Å². The highest BCUT2D eigenvalue weighted by molar-refractivity contribution is 5.30. The summed E-state index contributed by atoms with van der Waals surface area (Å²) in [5.74, 6) is 0.819. The standard InChI is InChI=1S/C14H26N4O2/c1-4-15-14-11-16-13(10-17-14)12-18(7-9-20-3)6-5-8-19-2/h10-11H,4-9,12H2,1-3H3,(H,15,17). The van der Waals surface area contributed by atoms with Crippen LogP contribution in [0, 0.1) is 0 Å². The molecule has 0 radical (unpaired) electrons. The Labute approximate surface area is 121 Å². The fraction of sp³-hybridized carbons (Fsp3) is 0.714. The van der Waals surface area contributed by atoms with Crippen LogP contribution in [0.3, 0.4) is 0 Å². The van der Waals surface area contributed by atoms with Crippen molar-refractivity contribution in [3.05, 3.63) is 18.1 Å². The lowest BCUT2D eigenvalue weighted by Gasteiger charge is -2.21. The van der Waals surface area contributed by atoms with Crippen molar-refractivity contribution >= 4 is 5.82 Å². The summed E-state index contributed by atoms with van der Waals surface area (Å²) in [6.45, 7) is 7.02. The van der Waals surface area contributed by atoms with Crippen LogP contribution in [0.4, 0.5) is 5.82 Å². The van der Waals surface area contributed by atoms with Crippen LogP contribution >= 0.6 is 0 Å². The van der Waals surface area contributed by atoms with E-state index in [2.05, 4.69) is 20.2 Å². The maximum Gasteiger partial charge on any atom is 0.144 e. The molecule has 20 heavy (non-hydrogen) atoms. The number of methoxy groups -OCH3 is 2. The van der Waals surface area contributed by atoms with Gasteiger partial charge in [0.05, 0.1) is 24.7 Å². The third kappa shape index (κ3) is 6.79. The number of nitrogens with one attached hydrogen (secondary N) is 1. The van der Waals surface area contributed by atoms with E-state index in [0.29, 0.717) is 0 Å². The first-order chi connectivity index (χ1) is 9.80. The lowest BCUT2D eigenvalue weighted by molar-refractivity contribution is 0.128. The van der Waals surface area contributed by atoms with Crippen molar-refractivity contribution in [1.29, 1.82) is 0 Å². The van der Waals surface area contributed by atoms with Crippen molar-refractivity contribution in [3.63, 3.8) is 0 Å². The summed E-state index contributed by atoms with van der Waals surface area (Å²) in [6, 6.07) is 0. The van der Waals surface area contributed by atoms with Gasteiger partial charge < -0.3 is 14.8 Å². The molecule has 0 bridgehead atoms. The zero-order chi connectivity index (χ0) is 14.6. The zero-order valence-electron chi connectivity index (χ0n) is 12.8. The topological polar surface area (TPSA) is 59.5 Å². The van der Waals surface area contributed by atoms with Crippen LogP contribution in [-0.4, -0.2) is 61.9 Å².